The van der Waals surface area contributed by atoms with Crippen LogP contribution in [0, 0.1) is 5.92 Å². The second kappa shape index (κ2) is 7.39. The summed E-state index contributed by atoms with van der Waals surface area (Å²) in [5, 5.41) is 0. The Balaban J connectivity index is 1.55. The molecule has 1 saturated heterocycles. The van der Waals surface area contributed by atoms with Crippen molar-refractivity contribution in [2.24, 2.45) is 11.7 Å². The van der Waals surface area contributed by atoms with E-state index in [0.29, 0.717) is 0 Å². The van der Waals surface area contributed by atoms with E-state index in [1.54, 1.807) is 0 Å². The lowest BCUT2D eigenvalue weighted by Crippen LogP contribution is -2.43. The molecule has 0 radical (unpaired) electrons. The number of rotatable bonds is 7. The van der Waals surface area contributed by atoms with Crippen molar-refractivity contribution in [2.45, 2.75) is 38.3 Å². The Hall–Kier alpha value is -0.900. The van der Waals surface area contributed by atoms with Gasteiger partial charge in [0.2, 0.25) is 0 Å². The van der Waals surface area contributed by atoms with Crippen LogP contribution in [0.1, 0.15) is 31.2 Å². The molecule has 0 unspecified atom stereocenters. The Morgan fingerprint density at radius 2 is 1.95 bits per heavy atom. The van der Waals surface area contributed by atoms with E-state index in [4.69, 9.17) is 5.73 Å². The number of hydrogen-bond acceptors (Lipinski definition) is 3. The van der Waals surface area contributed by atoms with Crippen LogP contribution in [0.25, 0.3) is 0 Å². The topological polar surface area (TPSA) is 32.5 Å². The molecule has 3 nitrogen and oxygen atoms in total. The molecule has 3 rings (SSSR count). The van der Waals surface area contributed by atoms with Crippen molar-refractivity contribution >= 4 is 0 Å². The number of nitrogens with two attached hydrogens (primary N) is 1. The van der Waals surface area contributed by atoms with Crippen LogP contribution in [-0.4, -0.2) is 48.6 Å². The summed E-state index contributed by atoms with van der Waals surface area (Å²) in [7, 11) is 0. The van der Waals surface area contributed by atoms with Gasteiger partial charge < -0.3 is 10.6 Å². The minimum Gasteiger partial charge on any atom is -0.329 e. The average Bonchev–Trinajstić information content (AvgIpc) is 3.33. The molecule has 1 aromatic carbocycles. The van der Waals surface area contributed by atoms with Crippen LogP contribution in [0.5, 0.6) is 0 Å². The fourth-order valence-corrected chi connectivity index (χ4v) is 3.62. The van der Waals surface area contributed by atoms with Crippen molar-refractivity contribution in [3.05, 3.63) is 35.9 Å². The minimum absolute atomic E-state index is 0.795. The predicted octanol–water partition coefficient (Wildman–Crippen LogP) is 2.32. The molecule has 0 amide bonds. The molecular formula is C18H29N3. The number of hydrogen-bond donors (Lipinski definition) is 1. The highest BCUT2D eigenvalue weighted by atomic mass is 15.2. The van der Waals surface area contributed by atoms with Crippen molar-refractivity contribution < 1.29 is 0 Å². The lowest BCUT2D eigenvalue weighted by molar-refractivity contribution is 0.128. The van der Waals surface area contributed by atoms with E-state index in [-0.39, 0.29) is 0 Å². The van der Waals surface area contributed by atoms with E-state index in [0.717, 1.165) is 31.6 Å². The van der Waals surface area contributed by atoms with Gasteiger partial charge in [-0.25, -0.2) is 0 Å². The maximum atomic E-state index is 5.71. The fraction of sp³-hybridized carbons (Fsp3) is 0.667. The van der Waals surface area contributed by atoms with Crippen molar-refractivity contribution in [1.82, 2.24) is 9.80 Å². The summed E-state index contributed by atoms with van der Waals surface area (Å²) in [6.45, 7) is 6.74. The molecule has 21 heavy (non-hydrogen) atoms. The van der Waals surface area contributed by atoms with Gasteiger partial charge in [0.25, 0.3) is 0 Å². The smallest absolute Gasteiger partial charge is 0.0236 e. The third-order valence-corrected chi connectivity index (χ3v) is 4.83. The zero-order valence-corrected chi connectivity index (χ0v) is 13.1. The molecule has 3 heteroatoms. The summed E-state index contributed by atoms with van der Waals surface area (Å²) < 4.78 is 0. The van der Waals surface area contributed by atoms with Crippen LogP contribution >= 0.6 is 0 Å². The zero-order valence-electron chi connectivity index (χ0n) is 13.1. The molecule has 1 aliphatic carbocycles. The van der Waals surface area contributed by atoms with E-state index < -0.39 is 0 Å². The zero-order chi connectivity index (χ0) is 14.5. The number of benzene rings is 1. The van der Waals surface area contributed by atoms with Gasteiger partial charge in [0.1, 0.15) is 0 Å². The summed E-state index contributed by atoms with van der Waals surface area (Å²) in [5.74, 6) is 0.828. The van der Waals surface area contributed by atoms with Crippen LogP contribution in [0.15, 0.2) is 30.3 Å². The van der Waals surface area contributed by atoms with E-state index in [2.05, 4.69) is 40.1 Å². The summed E-state index contributed by atoms with van der Waals surface area (Å²) >= 11 is 0. The van der Waals surface area contributed by atoms with E-state index >= 15 is 0 Å². The lowest BCUT2D eigenvalue weighted by atomic mass is 9.97. The maximum absolute atomic E-state index is 5.71. The first-order chi connectivity index (χ1) is 10.3. The Morgan fingerprint density at radius 3 is 2.67 bits per heavy atom. The highest BCUT2D eigenvalue weighted by molar-refractivity contribution is 5.15. The van der Waals surface area contributed by atoms with Crippen LogP contribution in [0.4, 0.5) is 0 Å². The van der Waals surface area contributed by atoms with Gasteiger partial charge in [0.05, 0.1) is 0 Å². The second-order valence-electron chi connectivity index (χ2n) is 6.74. The largest absolute Gasteiger partial charge is 0.329 e. The Kier molecular flexibility index (Phi) is 5.28. The van der Waals surface area contributed by atoms with Gasteiger partial charge in [-0.05, 0) is 43.7 Å². The van der Waals surface area contributed by atoms with Gasteiger partial charge in [-0.1, -0.05) is 30.3 Å². The molecule has 1 saturated carbocycles. The molecule has 1 aromatic rings. The number of likely N-dealkylation sites (tertiary alicyclic amines) is 1. The van der Waals surface area contributed by atoms with E-state index in [1.807, 2.05) is 0 Å². The van der Waals surface area contributed by atoms with E-state index in [1.165, 1.54) is 50.9 Å². The first-order valence-corrected chi connectivity index (χ1v) is 8.55. The molecule has 2 aliphatic rings. The molecule has 0 bridgehead atoms. The van der Waals surface area contributed by atoms with E-state index in [9.17, 15) is 0 Å². The van der Waals surface area contributed by atoms with Gasteiger partial charge >= 0.3 is 0 Å². The highest BCUT2D eigenvalue weighted by Crippen LogP contribution is 2.30. The quantitative estimate of drug-likeness (QED) is 0.835. The molecule has 0 spiro atoms. The molecular weight excluding hydrogens is 258 g/mol. The summed E-state index contributed by atoms with van der Waals surface area (Å²) in [6, 6.07) is 11.8. The second-order valence-corrected chi connectivity index (χ2v) is 6.74. The predicted molar refractivity (Wildman–Crippen MR) is 88.1 cm³/mol. The fourth-order valence-electron chi connectivity index (χ4n) is 3.62. The highest BCUT2D eigenvalue weighted by Gasteiger charge is 2.31. The van der Waals surface area contributed by atoms with Gasteiger partial charge in [-0.15, -0.1) is 0 Å². The van der Waals surface area contributed by atoms with Crippen LogP contribution in [-0.2, 0) is 6.54 Å². The van der Waals surface area contributed by atoms with Crippen molar-refractivity contribution in [2.75, 3.05) is 32.7 Å². The molecule has 2 N–H and O–H groups in total. The monoisotopic (exact) mass is 287 g/mol. The normalized spacial score (nSPS) is 23.6. The molecule has 0 aromatic heterocycles. The Morgan fingerprint density at radius 1 is 1.14 bits per heavy atom. The first-order valence-electron chi connectivity index (χ1n) is 8.55. The number of piperidine rings is 1. The van der Waals surface area contributed by atoms with Crippen molar-refractivity contribution in [3.8, 4) is 0 Å². The van der Waals surface area contributed by atoms with Crippen LogP contribution in [0.3, 0.4) is 0 Å². The van der Waals surface area contributed by atoms with Crippen molar-refractivity contribution in [1.29, 1.82) is 0 Å². The molecule has 1 heterocycles. The maximum Gasteiger partial charge on any atom is 0.0236 e. The third-order valence-electron chi connectivity index (χ3n) is 4.83. The standard InChI is InChI=1S/C18H29N3/c19-10-12-20-11-4-7-17(13-20)15-21(18-8-9-18)14-16-5-2-1-3-6-16/h1-3,5-6,17-18H,4,7-15,19H2/t17-/m0/s1. The van der Waals surface area contributed by atoms with Crippen molar-refractivity contribution in [3.63, 3.8) is 0 Å². The average molecular weight is 287 g/mol. The van der Waals surface area contributed by atoms with Crippen LogP contribution in [0.2, 0.25) is 0 Å². The molecule has 2 fully saturated rings. The summed E-state index contributed by atoms with van der Waals surface area (Å²) in [5.41, 5.74) is 7.17. The van der Waals surface area contributed by atoms with Gasteiger partial charge in [-0.3, -0.25) is 4.90 Å². The summed E-state index contributed by atoms with van der Waals surface area (Å²) in [6.07, 6.45) is 5.52. The van der Waals surface area contributed by atoms with Gasteiger partial charge in [-0.2, -0.15) is 0 Å². The van der Waals surface area contributed by atoms with Gasteiger partial charge in [0.15, 0.2) is 0 Å². The molecule has 1 aliphatic heterocycles. The third kappa shape index (κ3) is 4.53. The Bertz CT molecular complexity index is 414. The molecule has 116 valence electrons. The minimum atomic E-state index is 0.795. The molecule has 1 atom stereocenters. The van der Waals surface area contributed by atoms with Gasteiger partial charge in [0, 0.05) is 38.8 Å². The van der Waals surface area contributed by atoms with Crippen LogP contribution < -0.4 is 5.73 Å². The lowest BCUT2D eigenvalue weighted by Gasteiger charge is -2.35. The first kappa shape index (κ1) is 15.0. The Labute approximate surface area is 129 Å². The SMILES string of the molecule is NCCN1CCC[C@H](CN(Cc2ccccc2)C2CC2)C1. The number of nitrogens with zero attached hydrogens (tertiary/aromatic N) is 2. The summed E-state index contributed by atoms with van der Waals surface area (Å²) in [4.78, 5) is 5.29.